The number of aromatic hydroxyl groups is 1. The first-order chi connectivity index (χ1) is 8.04. The first-order valence-corrected chi connectivity index (χ1v) is 5.05. The number of anilines is 1. The molecule has 0 atom stereocenters. The molecule has 0 saturated heterocycles. The summed E-state index contributed by atoms with van der Waals surface area (Å²) >= 11 is 5.30. The predicted molar refractivity (Wildman–Crippen MR) is 60.5 cm³/mol. The van der Waals surface area contributed by atoms with E-state index in [1.165, 1.54) is 12.1 Å². The van der Waals surface area contributed by atoms with Crippen LogP contribution in [0.1, 0.15) is 0 Å². The van der Waals surface area contributed by atoms with E-state index in [1.54, 1.807) is 0 Å². The van der Waals surface area contributed by atoms with Gasteiger partial charge in [0.2, 0.25) is 0 Å². The topological polar surface area (TPSA) is 102 Å². The highest BCUT2D eigenvalue weighted by atomic mass is 35.5. The molecule has 8 heteroatoms. The van der Waals surface area contributed by atoms with E-state index in [1.807, 2.05) is 0 Å². The number of nitro benzene ring substituents is 1. The number of phenolic OH excluding ortho intramolecular Hbond substituents is 1. The average molecular weight is 261 g/mol. The number of benzene rings is 1. The molecule has 1 amide bonds. The van der Waals surface area contributed by atoms with Crippen LogP contribution in [0.3, 0.4) is 0 Å². The molecule has 0 aliphatic heterocycles. The van der Waals surface area contributed by atoms with Crippen LogP contribution in [0.15, 0.2) is 18.2 Å². The number of nitrogens with zero attached hydrogens (tertiary/aromatic N) is 1. The third kappa shape index (κ3) is 3.80. The summed E-state index contributed by atoms with van der Waals surface area (Å²) in [6.07, 6.45) is -0.848. The minimum absolute atomic E-state index is 0.000724. The van der Waals surface area contributed by atoms with E-state index in [0.29, 0.717) is 0 Å². The Kier molecular flexibility index (Phi) is 4.53. The zero-order valence-electron chi connectivity index (χ0n) is 8.55. The molecule has 0 saturated carbocycles. The highest BCUT2D eigenvalue weighted by Gasteiger charge is 2.17. The lowest BCUT2D eigenvalue weighted by Gasteiger charge is -2.06. The Morgan fingerprint density at radius 3 is 2.88 bits per heavy atom. The van der Waals surface area contributed by atoms with Crippen molar-refractivity contribution in [3.8, 4) is 5.75 Å². The van der Waals surface area contributed by atoms with E-state index in [0.717, 1.165) is 6.07 Å². The maximum Gasteiger partial charge on any atom is 0.411 e. The molecule has 0 bridgehead atoms. The van der Waals surface area contributed by atoms with E-state index in [-0.39, 0.29) is 23.9 Å². The second-order valence-electron chi connectivity index (χ2n) is 2.91. The lowest BCUT2D eigenvalue weighted by atomic mass is 10.2. The molecule has 92 valence electrons. The third-order valence-corrected chi connectivity index (χ3v) is 1.88. The van der Waals surface area contributed by atoms with Crippen molar-refractivity contribution in [3.05, 3.63) is 28.3 Å². The van der Waals surface area contributed by atoms with Gasteiger partial charge in [0.15, 0.2) is 0 Å². The maximum atomic E-state index is 11.2. The number of hydrogen-bond acceptors (Lipinski definition) is 5. The van der Waals surface area contributed by atoms with Gasteiger partial charge < -0.3 is 9.84 Å². The molecule has 0 spiro atoms. The minimum atomic E-state index is -0.848. The molecule has 1 aromatic carbocycles. The number of rotatable bonds is 4. The van der Waals surface area contributed by atoms with Gasteiger partial charge in [-0.3, -0.25) is 15.4 Å². The molecule has 17 heavy (non-hydrogen) atoms. The Bertz CT molecular complexity index is 437. The first-order valence-electron chi connectivity index (χ1n) is 4.51. The van der Waals surface area contributed by atoms with Crippen molar-refractivity contribution in [2.24, 2.45) is 0 Å². The molecule has 0 radical (unpaired) electrons. The van der Waals surface area contributed by atoms with Crippen molar-refractivity contribution in [2.75, 3.05) is 17.8 Å². The number of carbonyl (C=O) groups is 1. The van der Waals surface area contributed by atoms with Crippen molar-refractivity contribution < 1.29 is 19.6 Å². The number of ether oxygens (including phenoxy) is 1. The zero-order valence-corrected chi connectivity index (χ0v) is 9.31. The fourth-order valence-corrected chi connectivity index (χ4v) is 1.13. The molecule has 1 aromatic rings. The van der Waals surface area contributed by atoms with Crippen LogP contribution in [-0.2, 0) is 4.74 Å². The lowest BCUT2D eigenvalue weighted by Crippen LogP contribution is -2.15. The van der Waals surface area contributed by atoms with Gasteiger partial charge in [0.25, 0.3) is 5.69 Å². The summed E-state index contributed by atoms with van der Waals surface area (Å²) < 4.78 is 4.59. The third-order valence-electron chi connectivity index (χ3n) is 1.73. The van der Waals surface area contributed by atoms with Gasteiger partial charge in [0.1, 0.15) is 18.0 Å². The Morgan fingerprint density at radius 1 is 1.59 bits per heavy atom. The average Bonchev–Trinajstić information content (AvgIpc) is 2.28. The first kappa shape index (κ1) is 13.0. The number of carbonyl (C=O) groups excluding carboxylic acids is 1. The van der Waals surface area contributed by atoms with Crippen molar-refractivity contribution in [1.29, 1.82) is 0 Å². The van der Waals surface area contributed by atoms with Gasteiger partial charge in [0.05, 0.1) is 16.9 Å². The molecule has 2 N–H and O–H groups in total. The normalized spacial score (nSPS) is 9.71. The fourth-order valence-electron chi connectivity index (χ4n) is 1.05. The Labute approximate surface area is 101 Å². The zero-order chi connectivity index (χ0) is 12.8. The molecular formula is C9H9ClN2O5. The van der Waals surface area contributed by atoms with Crippen LogP contribution in [-0.4, -0.2) is 28.6 Å². The summed E-state index contributed by atoms with van der Waals surface area (Å²) in [5, 5.41) is 21.9. The highest BCUT2D eigenvalue weighted by molar-refractivity contribution is 6.18. The van der Waals surface area contributed by atoms with Crippen molar-refractivity contribution >= 4 is 29.1 Å². The van der Waals surface area contributed by atoms with Crippen LogP contribution in [0, 0.1) is 10.1 Å². The van der Waals surface area contributed by atoms with Gasteiger partial charge in [-0.25, -0.2) is 4.79 Å². The predicted octanol–water partition coefficient (Wildman–Crippen LogP) is 2.09. The molecule has 0 aliphatic carbocycles. The van der Waals surface area contributed by atoms with Gasteiger partial charge >= 0.3 is 6.09 Å². The lowest BCUT2D eigenvalue weighted by molar-refractivity contribution is -0.384. The van der Waals surface area contributed by atoms with E-state index < -0.39 is 16.7 Å². The van der Waals surface area contributed by atoms with Crippen molar-refractivity contribution in [3.63, 3.8) is 0 Å². The SMILES string of the molecule is O=C(Nc1ccc(O)cc1[N+](=O)[O-])OCCCl. The Balaban J connectivity index is 2.83. The van der Waals surface area contributed by atoms with Crippen LogP contribution < -0.4 is 5.32 Å². The number of nitro groups is 1. The quantitative estimate of drug-likeness (QED) is 0.373. The smallest absolute Gasteiger partial charge is 0.411 e. The number of halogens is 1. The van der Waals surface area contributed by atoms with Crippen LogP contribution in [0.4, 0.5) is 16.2 Å². The van der Waals surface area contributed by atoms with E-state index in [4.69, 9.17) is 16.7 Å². The van der Waals surface area contributed by atoms with Crippen LogP contribution in [0.5, 0.6) is 5.75 Å². The molecular weight excluding hydrogens is 252 g/mol. The van der Waals surface area contributed by atoms with E-state index in [2.05, 4.69) is 10.1 Å². The van der Waals surface area contributed by atoms with E-state index in [9.17, 15) is 14.9 Å². The molecule has 0 heterocycles. The summed E-state index contributed by atoms with van der Waals surface area (Å²) in [4.78, 5) is 21.1. The maximum absolute atomic E-state index is 11.2. The van der Waals surface area contributed by atoms with Crippen molar-refractivity contribution in [1.82, 2.24) is 0 Å². The molecule has 1 rings (SSSR count). The largest absolute Gasteiger partial charge is 0.508 e. The number of alkyl halides is 1. The summed E-state index contributed by atoms with van der Waals surface area (Å²) in [6.45, 7) is -0.000724. The highest BCUT2D eigenvalue weighted by Crippen LogP contribution is 2.28. The van der Waals surface area contributed by atoms with Gasteiger partial charge in [0, 0.05) is 0 Å². The summed E-state index contributed by atoms with van der Waals surface area (Å²) in [5.41, 5.74) is -0.486. The van der Waals surface area contributed by atoms with Crippen molar-refractivity contribution in [2.45, 2.75) is 0 Å². The number of phenols is 1. The van der Waals surface area contributed by atoms with Gasteiger partial charge in [-0.1, -0.05) is 0 Å². The molecule has 0 unspecified atom stereocenters. The number of nitrogens with one attached hydrogen (secondary N) is 1. The van der Waals surface area contributed by atoms with Crippen LogP contribution >= 0.6 is 11.6 Å². The minimum Gasteiger partial charge on any atom is -0.508 e. The van der Waals surface area contributed by atoms with E-state index >= 15 is 0 Å². The standard InChI is InChI=1S/C9H9ClN2O5/c10-3-4-17-9(14)11-7-2-1-6(13)5-8(7)12(15)16/h1-2,5,13H,3-4H2,(H,11,14). The van der Waals surface area contributed by atoms with Gasteiger partial charge in [-0.05, 0) is 12.1 Å². The Morgan fingerprint density at radius 2 is 2.29 bits per heavy atom. The summed E-state index contributed by atoms with van der Waals surface area (Å²) in [7, 11) is 0. The molecule has 0 aliphatic rings. The monoisotopic (exact) mass is 260 g/mol. The van der Waals surface area contributed by atoms with Crippen LogP contribution in [0.2, 0.25) is 0 Å². The summed E-state index contributed by atoms with van der Waals surface area (Å²) in [6, 6.07) is 3.34. The molecule has 0 aromatic heterocycles. The van der Waals surface area contributed by atoms with Gasteiger partial charge in [-0.15, -0.1) is 11.6 Å². The fraction of sp³-hybridized carbons (Fsp3) is 0.222. The molecule has 0 fully saturated rings. The number of hydrogen-bond donors (Lipinski definition) is 2. The second-order valence-corrected chi connectivity index (χ2v) is 3.29. The van der Waals surface area contributed by atoms with Crippen LogP contribution in [0.25, 0.3) is 0 Å². The van der Waals surface area contributed by atoms with Gasteiger partial charge in [-0.2, -0.15) is 0 Å². The summed E-state index contributed by atoms with van der Waals surface area (Å²) in [5.74, 6) is -0.137. The Hall–Kier alpha value is -2.02. The number of amides is 1. The molecule has 7 nitrogen and oxygen atoms in total. The second kappa shape index (κ2) is 5.90.